The number of nitrogens with one attached hydrogen (secondary N) is 2. The summed E-state index contributed by atoms with van der Waals surface area (Å²) in [5.74, 6) is -0.00851. The Kier molecular flexibility index (Phi) is 6.60. The number of amides is 2. The maximum Gasteiger partial charge on any atom is 0.241 e. The van der Waals surface area contributed by atoms with Gasteiger partial charge in [-0.25, -0.2) is 0 Å². The lowest BCUT2D eigenvalue weighted by Gasteiger charge is -2.21. The Morgan fingerprint density at radius 1 is 1.00 bits per heavy atom. The van der Waals surface area contributed by atoms with E-state index in [-0.39, 0.29) is 17.7 Å². The molecule has 1 aliphatic carbocycles. The van der Waals surface area contributed by atoms with Crippen molar-refractivity contribution in [2.45, 2.75) is 44.7 Å². The van der Waals surface area contributed by atoms with Crippen LogP contribution in [0.25, 0.3) is 0 Å². The molecule has 0 radical (unpaired) electrons. The highest BCUT2D eigenvalue weighted by Crippen LogP contribution is 2.25. The highest BCUT2D eigenvalue weighted by Gasteiger charge is 2.21. The van der Waals surface area contributed by atoms with Gasteiger partial charge < -0.3 is 16.4 Å². The maximum atomic E-state index is 12.4. The van der Waals surface area contributed by atoms with Gasteiger partial charge >= 0.3 is 0 Å². The number of rotatable bonds is 6. The van der Waals surface area contributed by atoms with Crippen LogP contribution in [0.3, 0.4) is 0 Å². The highest BCUT2D eigenvalue weighted by atomic mass is 16.2. The van der Waals surface area contributed by atoms with E-state index in [9.17, 15) is 9.59 Å². The van der Waals surface area contributed by atoms with Gasteiger partial charge in [0.05, 0.1) is 0 Å². The van der Waals surface area contributed by atoms with Crippen molar-refractivity contribution in [2.24, 2.45) is 11.7 Å². The van der Waals surface area contributed by atoms with Crippen molar-refractivity contribution in [3.05, 3.63) is 65.7 Å². The van der Waals surface area contributed by atoms with E-state index in [1.807, 2.05) is 54.6 Å². The minimum absolute atomic E-state index is 0.0991. The lowest BCUT2D eigenvalue weighted by atomic mass is 9.88. The number of hydrogen-bond donors (Lipinski definition) is 3. The van der Waals surface area contributed by atoms with Gasteiger partial charge in [-0.3, -0.25) is 9.59 Å². The van der Waals surface area contributed by atoms with Crippen molar-refractivity contribution in [1.82, 2.24) is 5.32 Å². The van der Waals surface area contributed by atoms with Crippen LogP contribution in [0.2, 0.25) is 0 Å². The van der Waals surface area contributed by atoms with Gasteiger partial charge in [-0.15, -0.1) is 0 Å². The van der Waals surface area contributed by atoms with E-state index in [0.29, 0.717) is 6.54 Å². The Hall–Kier alpha value is -2.66. The zero-order valence-electron chi connectivity index (χ0n) is 15.5. The van der Waals surface area contributed by atoms with Gasteiger partial charge in [0, 0.05) is 18.2 Å². The Morgan fingerprint density at radius 2 is 1.74 bits per heavy atom. The maximum absolute atomic E-state index is 12.4. The van der Waals surface area contributed by atoms with Crippen LogP contribution in [-0.2, 0) is 16.1 Å². The molecule has 0 aliphatic heterocycles. The van der Waals surface area contributed by atoms with Crippen molar-refractivity contribution < 1.29 is 9.59 Å². The minimum Gasteiger partial charge on any atom is -0.350 e. The molecule has 2 amide bonds. The van der Waals surface area contributed by atoms with Crippen LogP contribution in [0.1, 0.15) is 49.3 Å². The Bertz CT molecular complexity index is 770. The van der Waals surface area contributed by atoms with Gasteiger partial charge in [0.1, 0.15) is 6.04 Å². The van der Waals surface area contributed by atoms with Crippen molar-refractivity contribution in [2.75, 3.05) is 5.32 Å². The molecular formula is C22H27N3O2. The third-order valence-corrected chi connectivity index (χ3v) is 5.08. The minimum atomic E-state index is -0.694. The molecule has 1 atom stereocenters. The zero-order chi connectivity index (χ0) is 19.1. The molecule has 1 saturated carbocycles. The fourth-order valence-corrected chi connectivity index (χ4v) is 3.48. The topological polar surface area (TPSA) is 84.2 Å². The second kappa shape index (κ2) is 9.33. The van der Waals surface area contributed by atoms with E-state index in [0.717, 1.165) is 42.5 Å². The van der Waals surface area contributed by atoms with Gasteiger partial charge in [0.15, 0.2) is 0 Å². The fraction of sp³-hybridized carbons (Fsp3) is 0.364. The van der Waals surface area contributed by atoms with E-state index in [2.05, 4.69) is 10.6 Å². The quantitative estimate of drug-likeness (QED) is 0.732. The number of hydrogen-bond acceptors (Lipinski definition) is 3. The molecule has 1 fully saturated rings. The molecule has 0 heterocycles. The van der Waals surface area contributed by atoms with E-state index in [4.69, 9.17) is 5.73 Å². The number of nitrogens with two attached hydrogens (primary N) is 1. The lowest BCUT2D eigenvalue weighted by molar-refractivity contribution is -0.122. The average molecular weight is 365 g/mol. The second-order valence-corrected chi connectivity index (χ2v) is 7.13. The standard InChI is InChI=1S/C22H27N3O2/c23-20(17-9-3-1-4-10-17)22(27)24-15-16-8-7-13-19(14-16)25-21(26)18-11-5-2-6-12-18/h1,3-4,7-10,13-14,18,20H,2,5-6,11-12,15,23H2,(H,24,27)(H,25,26). The number of benzene rings is 2. The van der Waals surface area contributed by atoms with Crippen LogP contribution < -0.4 is 16.4 Å². The third-order valence-electron chi connectivity index (χ3n) is 5.08. The molecule has 5 nitrogen and oxygen atoms in total. The summed E-state index contributed by atoms with van der Waals surface area (Å²) >= 11 is 0. The van der Waals surface area contributed by atoms with E-state index in [1.165, 1.54) is 6.42 Å². The van der Waals surface area contributed by atoms with Crippen LogP contribution in [0, 0.1) is 5.92 Å². The first-order valence-electron chi connectivity index (χ1n) is 9.61. The van der Waals surface area contributed by atoms with Gasteiger partial charge in [-0.2, -0.15) is 0 Å². The second-order valence-electron chi connectivity index (χ2n) is 7.13. The Balaban J connectivity index is 1.54. The summed E-state index contributed by atoms with van der Waals surface area (Å²) in [6.07, 6.45) is 5.43. The molecule has 2 aromatic rings. The van der Waals surface area contributed by atoms with Crippen molar-refractivity contribution in [1.29, 1.82) is 0 Å². The first kappa shape index (κ1) is 19.1. The molecule has 0 spiro atoms. The number of carbonyl (C=O) groups excluding carboxylic acids is 2. The summed E-state index contributed by atoms with van der Waals surface area (Å²) in [6, 6.07) is 16.2. The summed E-state index contributed by atoms with van der Waals surface area (Å²) in [6.45, 7) is 0.368. The van der Waals surface area contributed by atoms with Gasteiger partial charge in [-0.05, 0) is 36.1 Å². The van der Waals surface area contributed by atoms with Crippen molar-refractivity contribution in [3.63, 3.8) is 0 Å². The Morgan fingerprint density at radius 3 is 2.48 bits per heavy atom. The van der Waals surface area contributed by atoms with Crippen LogP contribution in [-0.4, -0.2) is 11.8 Å². The molecular weight excluding hydrogens is 338 g/mol. The van der Waals surface area contributed by atoms with Gasteiger partial charge in [-0.1, -0.05) is 61.7 Å². The van der Waals surface area contributed by atoms with Crippen molar-refractivity contribution in [3.8, 4) is 0 Å². The largest absolute Gasteiger partial charge is 0.350 e. The molecule has 27 heavy (non-hydrogen) atoms. The molecule has 0 bridgehead atoms. The van der Waals surface area contributed by atoms with Crippen LogP contribution >= 0.6 is 0 Å². The predicted molar refractivity (Wildman–Crippen MR) is 107 cm³/mol. The van der Waals surface area contributed by atoms with Crippen LogP contribution in [0.4, 0.5) is 5.69 Å². The number of anilines is 1. The zero-order valence-corrected chi connectivity index (χ0v) is 15.5. The van der Waals surface area contributed by atoms with Crippen LogP contribution in [0.5, 0.6) is 0 Å². The summed E-state index contributed by atoms with van der Waals surface area (Å²) in [4.78, 5) is 24.7. The summed E-state index contributed by atoms with van der Waals surface area (Å²) in [5.41, 5.74) is 8.48. The SMILES string of the molecule is NC(C(=O)NCc1cccc(NC(=O)C2CCCCC2)c1)c1ccccc1. The molecule has 2 aromatic carbocycles. The summed E-state index contributed by atoms with van der Waals surface area (Å²) in [5, 5.41) is 5.88. The molecule has 142 valence electrons. The molecule has 1 aliphatic rings. The molecule has 4 N–H and O–H groups in total. The molecule has 1 unspecified atom stereocenters. The number of carbonyl (C=O) groups is 2. The first-order valence-corrected chi connectivity index (χ1v) is 9.61. The smallest absolute Gasteiger partial charge is 0.241 e. The molecule has 3 rings (SSSR count). The summed E-state index contributed by atoms with van der Waals surface area (Å²) < 4.78 is 0. The van der Waals surface area contributed by atoms with Gasteiger partial charge in [0.2, 0.25) is 11.8 Å². The average Bonchev–Trinajstić information content (AvgIpc) is 2.73. The Labute approximate surface area is 160 Å². The first-order chi connectivity index (χ1) is 13.1. The van der Waals surface area contributed by atoms with Crippen LogP contribution in [0.15, 0.2) is 54.6 Å². The molecule has 0 saturated heterocycles. The predicted octanol–water partition coefficient (Wildman–Crippen LogP) is 3.52. The van der Waals surface area contributed by atoms with E-state index < -0.39 is 6.04 Å². The monoisotopic (exact) mass is 365 g/mol. The highest BCUT2D eigenvalue weighted by molar-refractivity contribution is 5.92. The lowest BCUT2D eigenvalue weighted by Crippen LogP contribution is -2.33. The molecule has 5 heteroatoms. The van der Waals surface area contributed by atoms with E-state index >= 15 is 0 Å². The van der Waals surface area contributed by atoms with E-state index in [1.54, 1.807) is 0 Å². The fourth-order valence-electron chi connectivity index (χ4n) is 3.48. The van der Waals surface area contributed by atoms with Crippen molar-refractivity contribution >= 4 is 17.5 Å². The third kappa shape index (κ3) is 5.41. The summed E-state index contributed by atoms with van der Waals surface area (Å²) in [7, 11) is 0. The van der Waals surface area contributed by atoms with Gasteiger partial charge in [0.25, 0.3) is 0 Å². The molecule has 0 aromatic heterocycles. The normalized spacial score (nSPS) is 15.7.